The Morgan fingerprint density at radius 2 is 2.03 bits per heavy atom. The fraction of sp³-hybridized carbons (Fsp3) is 0.345. The maximum Gasteiger partial charge on any atom is 0.263 e. The van der Waals surface area contributed by atoms with Crippen molar-refractivity contribution in [2.45, 2.75) is 59.3 Å². The number of aromatic nitrogens is 5. The lowest BCUT2D eigenvalue weighted by atomic mass is 9.98. The first-order valence-corrected chi connectivity index (χ1v) is 13.9. The molecule has 1 amide bonds. The van der Waals surface area contributed by atoms with E-state index in [4.69, 9.17) is 0 Å². The number of benzene rings is 1. The van der Waals surface area contributed by atoms with E-state index >= 15 is 0 Å². The van der Waals surface area contributed by atoms with Crippen molar-refractivity contribution in [3.63, 3.8) is 0 Å². The van der Waals surface area contributed by atoms with Crippen LogP contribution in [0.25, 0.3) is 17.3 Å². The van der Waals surface area contributed by atoms with Crippen LogP contribution in [-0.2, 0) is 31.6 Å². The molecule has 5 rings (SSSR count). The third-order valence-electron chi connectivity index (χ3n) is 6.79. The van der Waals surface area contributed by atoms with Crippen LogP contribution in [0.3, 0.4) is 0 Å². The van der Waals surface area contributed by atoms with Crippen molar-refractivity contribution in [3.05, 3.63) is 81.3 Å². The fourth-order valence-electron chi connectivity index (χ4n) is 4.56. The van der Waals surface area contributed by atoms with E-state index in [9.17, 15) is 4.79 Å². The quantitative estimate of drug-likeness (QED) is 0.296. The average molecular weight is 543 g/mol. The number of nitrogens with one attached hydrogen (secondary N) is 3. The van der Waals surface area contributed by atoms with Gasteiger partial charge in [-0.1, -0.05) is 45.6 Å². The Labute approximate surface area is 232 Å². The molecule has 0 radical (unpaired) electrons. The Morgan fingerprint density at radius 3 is 2.77 bits per heavy atom. The van der Waals surface area contributed by atoms with Crippen LogP contribution < -0.4 is 16.0 Å². The lowest BCUT2D eigenvalue weighted by molar-refractivity contribution is 0.0954. The smallest absolute Gasteiger partial charge is 0.263 e. The first-order valence-electron chi connectivity index (χ1n) is 13.0. The van der Waals surface area contributed by atoms with Gasteiger partial charge >= 0.3 is 0 Å². The standard InChI is InChI=1S/C29H34N8OS/c1-6-22-25(34-17-35-26(22)31-13-21-14-36-37-10-9-30-15-23(21)37)19-7-8-20(18(2)11-19)12-32-27(38)24-16-33-28(39-24)29(3,4)5/h6-8,11,14,16-17,30H,1,9-10,12-13,15H2,2-5H3,(H,32,38)(H,31,34,35). The Morgan fingerprint density at radius 1 is 1.18 bits per heavy atom. The highest BCUT2D eigenvalue weighted by Crippen LogP contribution is 2.29. The molecular formula is C29H34N8OS. The summed E-state index contributed by atoms with van der Waals surface area (Å²) in [5, 5.41) is 15.3. The summed E-state index contributed by atoms with van der Waals surface area (Å²) in [7, 11) is 0. The highest BCUT2D eigenvalue weighted by molar-refractivity contribution is 7.13. The molecule has 0 bridgehead atoms. The number of hydrogen-bond donors (Lipinski definition) is 3. The molecule has 3 aromatic heterocycles. The summed E-state index contributed by atoms with van der Waals surface area (Å²) < 4.78 is 2.06. The molecule has 39 heavy (non-hydrogen) atoms. The van der Waals surface area contributed by atoms with E-state index < -0.39 is 0 Å². The monoisotopic (exact) mass is 542 g/mol. The molecule has 3 N–H and O–H groups in total. The largest absolute Gasteiger partial charge is 0.365 e. The van der Waals surface area contributed by atoms with Crippen molar-refractivity contribution in [2.24, 2.45) is 0 Å². The molecule has 202 valence electrons. The van der Waals surface area contributed by atoms with Gasteiger partial charge in [0.05, 0.1) is 35.3 Å². The summed E-state index contributed by atoms with van der Waals surface area (Å²) in [5.74, 6) is 0.620. The Bertz CT molecular complexity index is 1510. The molecule has 0 saturated carbocycles. The molecule has 0 atom stereocenters. The highest BCUT2D eigenvalue weighted by atomic mass is 32.1. The average Bonchev–Trinajstić information content (AvgIpc) is 3.59. The van der Waals surface area contributed by atoms with Crippen LogP contribution >= 0.6 is 11.3 Å². The van der Waals surface area contributed by atoms with Crippen LogP contribution in [-0.4, -0.2) is 37.2 Å². The van der Waals surface area contributed by atoms with Crippen LogP contribution in [0.1, 0.15) is 63.4 Å². The molecule has 0 saturated heterocycles. The first kappa shape index (κ1) is 26.7. The van der Waals surface area contributed by atoms with Crippen LogP contribution in [0.4, 0.5) is 5.82 Å². The van der Waals surface area contributed by atoms with Gasteiger partial charge in [0, 0.05) is 48.3 Å². The molecule has 0 aliphatic carbocycles. The minimum Gasteiger partial charge on any atom is -0.365 e. The molecular weight excluding hydrogens is 508 g/mol. The minimum atomic E-state index is -0.109. The number of fused-ring (bicyclic) bond motifs is 1. The van der Waals surface area contributed by atoms with Crippen molar-refractivity contribution in [2.75, 3.05) is 11.9 Å². The molecule has 4 aromatic rings. The van der Waals surface area contributed by atoms with Crippen molar-refractivity contribution < 1.29 is 4.79 Å². The maximum absolute atomic E-state index is 12.7. The second-order valence-electron chi connectivity index (χ2n) is 10.7. The maximum atomic E-state index is 12.7. The van der Waals surface area contributed by atoms with E-state index in [1.165, 1.54) is 17.0 Å². The summed E-state index contributed by atoms with van der Waals surface area (Å²) in [6, 6.07) is 6.15. The van der Waals surface area contributed by atoms with E-state index in [2.05, 4.69) is 74.1 Å². The zero-order valence-electron chi connectivity index (χ0n) is 22.8. The zero-order chi connectivity index (χ0) is 27.6. The molecule has 1 aliphatic rings. The van der Waals surface area contributed by atoms with Crippen LogP contribution in [0.2, 0.25) is 0 Å². The summed E-state index contributed by atoms with van der Waals surface area (Å²) >= 11 is 1.44. The predicted octanol–water partition coefficient (Wildman–Crippen LogP) is 4.69. The Kier molecular flexibility index (Phi) is 7.58. The Balaban J connectivity index is 1.29. The van der Waals surface area contributed by atoms with E-state index in [0.29, 0.717) is 18.0 Å². The summed E-state index contributed by atoms with van der Waals surface area (Å²) in [5.41, 5.74) is 6.99. The summed E-state index contributed by atoms with van der Waals surface area (Å²) in [6.07, 6.45) is 6.94. The Hall–Kier alpha value is -3.89. The van der Waals surface area contributed by atoms with Crippen LogP contribution in [0.15, 0.2) is 43.5 Å². The molecule has 1 aromatic carbocycles. The number of rotatable bonds is 8. The first-order chi connectivity index (χ1) is 18.7. The van der Waals surface area contributed by atoms with Gasteiger partial charge in [-0.05, 0) is 24.1 Å². The number of carbonyl (C=O) groups is 1. The zero-order valence-corrected chi connectivity index (χ0v) is 23.7. The number of hydrogen-bond acceptors (Lipinski definition) is 8. The van der Waals surface area contributed by atoms with Gasteiger partial charge in [-0.15, -0.1) is 11.3 Å². The predicted molar refractivity (Wildman–Crippen MR) is 156 cm³/mol. The van der Waals surface area contributed by atoms with Gasteiger partial charge in [0.2, 0.25) is 0 Å². The molecule has 4 heterocycles. The SMILES string of the molecule is C=Cc1c(NCc2cnn3c2CNCC3)ncnc1-c1ccc(CNC(=O)c2cnc(C(C)(C)C)s2)c(C)c1. The lowest BCUT2D eigenvalue weighted by Gasteiger charge is -2.17. The van der Waals surface area contributed by atoms with Crippen molar-refractivity contribution in [1.82, 2.24) is 35.4 Å². The van der Waals surface area contributed by atoms with Gasteiger partial charge in [-0.25, -0.2) is 15.0 Å². The number of carbonyl (C=O) groups excluding carboxylic acids is 1. The molecule has 10 heteroatoms. The van der Waals surface area contributed by atoms with Crippen LogP contribution in [0.5, 0.6) is 0 Å². The van der Waals surface area contributed by atoms with Gasteiger partial charge < -0.3 is 16.0 Å². The summed E-state index contributed by atoms with van der Waals surface area (Å²) in [6.45, 7) is 16.0. The topological polar surface area (TPSA) is 110 Å². The highest BCUT2D eigenvalue weighted by Gasteiger charge is 2.21. The van der Waals surface area contributed by atoms with Crippen molar-refractivity contribution >= 4 is 29.1 Å². The number of thiazole rings is 1. The molecule has 0 spiro atoms. The van der Waals surface area contributed by atoms with E-state index in [1.807, 2.05) is 25.3 Å². The normalized spacial score (nSPS) is 13.1. The molecule has 1 aliphatic heterocycles. The second kappa shape index (κ2) is 11.1. The van der Waals surface area contributed by atoms with Gasteiger partial charge in [0.15, 0.2) is 0 Å². The van der Waals surface area contributed by atoms with Gasteiger partial charge in [0.25, 0.3) is 5.91 Å². The van der Waals surface area contributed by atoms with Crippen molar-refractivity contribution in [3.8, 4) is 11.3 Å². The van der Waals surface area contributed by atoms with E-state index in [1.54, 1.807) is 18.6 Å². The van der Waals surface area contributed by atoms with E-state index in [0.717, 1.165) is 64.0 Å². The van der Waals surface area contributed by atoms with Gasteiger partial charge in [0.1, 0.15) is 17.0 Å². The minimum absolute atomic E-state index is 0.0765. The van der Waals surface area contributed by atoms with Crippen molar-refractivity contribution in [1.29, 1.82) is 0 Å². The second-order valence-corrected chi connectivity index (χ2v) is 11.7. The third kappa shape index (κ3) is 5.76. The fourth-order valence-corrected chi connectivity index (χ4v) is 5.45. The van der Waals surface area contributed by atoms with Gasteiger partial charge in [-0.2, -0.15) is 5.10 Å². The third-order valence-corrected chi connectivity index (χ3v) is 8.21. The van der Waals surface area contributed by atoms with Gasteiger partial charge in [-0.3, -0.25) is 9.48 Å². The lowest BCUT2D eigenvalue weighted by Crippen LogP contribution is -2.29. The number of anilines is 1. The summed E-state index contributed by atoms with van der Waals surface area (Å²) in [4.78, 5) is 26.8. The van der Waals surface area contributed by atoms with E-state index in [-0.39, 0.29) is 11.3 Å². The number of amides is 1. The number of nitrogens with zero attached hydrogens (tertiary/aromatic N) is 5. The molecule has 0 fully saturated rings. The molecule has 0 unspecified atom stereocenters. The number of aryl methyl sites for hydroxylation is 1. The molecule has 9 nitrogen and oxygen atoms in total. The van der Waals surface area contributed by atoms with Crippen LogP contribution in [0, 0.1) is 6.92 Å².